The van der Waals surface area contributed by atoms with Gasteiger partial charge in [-0.05, 0) is 57.4 Å². The molecule has 0 bridgehead atoms. The number of ether oxygens (including phenoxy) is 2. The summed E-state index contributed by atoms with van der Waals surface area (Å²) in [4.78, 5) is 37.8. The molecule has 2 N–H and O–H groups in total. The van der Waals surface area contributed by atoms with Crippen molar-refractivity contribution in [3.8, 4) is 17.0 Å². The number of fused-ring (bicyclic) bond motifs is 4. The smallest absolute Gasteiger partial charge is 0.410 e. The minimum Gasteiger partial charge on any atom is -0.476 e. The Kier molecular flexibility index (Phi) is 5.52. The molecule has 0 radical (unpaired) electrons. The molecule has 2 aromatic heterocycles. The maximum Gasteiger partial charge on any atom is 0.410 e. The SMILES string of the molecule is CN1C(=O)C2(CCC2)c2c1cnc1ccc(-c3cnc(OCC4CN(C(=O)OC(C)(C)C)C4)c(N)c3)cc21. The minimum absolute atomic E-state index is 0.173. The highest BCUT2D eigenvalue weighted by Gasteiger charge is 2.54. The van der Waals surface area contributed by atoms with E-state index in [1.807, 2.05) is 52.2 Å². The number of anilines is 2. The number of likely N-dealkylation sites (tertiary alicyclic amines) is 1. The summed E-state index contributed by atoms with van der Waals surface area (Å²) in [6, 6.07) is 7.97. The van der Waals surface area contributed by atoms with Gasteiger partial charge in [0.25, 0.3) is 0 Å². The summed E-state index contributed by atoms with van der Waals surface area (Å²) in [5.41, 5.74) is 10.6. The van der Waals surface area contributed by atoms with Crippen molar-refractivity contribution in [1.82, 2.24) is 14.9 Å². The lowest BCUT2D eigenvalue weighted by molar-refractivity contribution is -0.125. The van der Waals surface area contributed by atoms with Crippen molar-refractivity contribution < 1.29 is 19.1 Å². The standard InChI is InChI=1S/C29H33N5O4/c1-28(2,3)38-27(36)34-14-17(15-34)16-37-25-21(30)11-19(12-32-25)18-6-7-22-20(10-18)24-23(13-31-22)33(4)26(35)29(24)8-5-9-29/h6-7,10-13,17H,5,8-9,14-16,30H2,1-4H3. The van der Waals surface area contributed by atoms with E-state index in [1.54, 1.807) is 16.0 Å². The van der Waals surface area contributed by atoms with E-state index in [4.69, 9.17) is 15.2 Å². The molecular formula is C29H33N5O4. The van der Waals surface area contributed by atoms with E-state index < -0.39 is 11.0 Å². The maximum absolute atomic E-state index is 13.1. The number of hydrogen-bond donors (Lipinski definition) is 1. The summed E-state index contributed by atoms with van der Waals surface area (Å²) < 4.78 is 11.3. The van der Waals surface area contributed by atoms with Crippen LogP contribution in [0.25, 0.3) is 22.0 Å². The van der Waals surface area contributed by atoms with Gasteiger partial charge in [-0.15, -0.1) is 0 Å². The fourth-order valence-corrected chi connectivity index (χ4v) is 5.75. The number of rotatable bonds is 4. The van der Waals surface area contributed by atoms with Gasteiger partial charge in [-0.2, -0.15) is 0 Å². The first-order valence-corrected chi connectivity index (χ1v) is 13.1. The predicted molar refractivity (Wildman–Crippen MR) is 145 cm³/mol. The van der Waals surface area contributed by atoms with E-state index in [0.717, 1.165) is 52.5 Å². The van der Waals surface area contributed by atoms with Crippen LogP contribution in [-0.2, 0) is 14.9 Å². The molecule has 0 atom stereocenters. The number of likely N-dealkylation sites (N-methyl/N-ethyl adjacent to an activating group) is 1. The Labute approximate surface area is 221 Å². The molecule has 9 heteroatoms. The number of carbonyl (C=O) groups excluding carboxylic acids is 2. The molecule has 3 aromatic rings. The van der Waals surface area contributed by atoms with Crippen molar-refractivity contribution in [3.05, 3.63) is 42.2 Å². The first-order valence-electron chi connectivity index (χ1n) is 13.1. The van der Waals surface area contributed by atoms with Gasteiger partial charge in [-0.25, -0.2) is 9.78 Å². The van der Waals surface area contributed by atoms with Crippen LogP contribution in [-0.4, -0.2) is 59.2 Å². The quantitative estimate of drug-likeness (QED) is 0.544. The van der Waals surface area contributed by atoms with E-state index in [9.17, 15) is 9.59 Å². The van der Waals surface area contributed by atoms with Crippen LogP contribution in [0.5, 0.6) is 5.88 Å². The predicted octanol–water partition coefficient (Wildman–Crippen LogP) is 4.52. The van der Waals surface area contributed by atoms with Gasteiger partial charge in [0, 0.05) is 48.8 Å². The Morgan fingerprint density at radius 2 is 1.89 bits per heavy atom. The van der Waals surface area contributed by atoms with E-state index in [2.05, 4.69) is 16.0 Å². The van der Waals surface area contributed by atoms with Crippen molar-refractivity contribution in [3.63, 3.8) is 0 Å². The average molecular weight is 516 g/mol. The van der Waals surface area contributed by atoms with Crippen LogP contribution in [0.3, 0.4) is 0 Å². The molecule has 1 spiro atoms. The second kappa shape index (κ2) is 8.58. The third-order valence-corrected chi connectivity index (χ3v) is 7.89. The second-order valence-electron chi connectivity index (χ2n) is 11.7. The van der Waals surface area contributed by atoms with Gasteiger partial charge in [0.05, 0.1) is 35.1 Å². The molecule has 2 aliphatic heterocycles. The van der Waals surface area contributed by atoms with E-state index in [1.165, 1.54) is 0 Å². The summed E-state index contributed by atoms with van der Waals surface area (Å²) in [6.07, 6.45) is 6.10. The number of nitrogen functional groups attached to an aromatic ring is 1. The molecule has 1 saturated heterocycles. The molecule has 38 heavy (non-hydrogen) atoms. The molecular weight excluding hydrogens is 482 g/mol. The van der Waals surface area contributed by atoms with Crippen LogP contribution in [0.15, 0.2) is 36.7 Å². The molecule has 1 aliphatic carbocycles. The summed E-state index contributed by atoms with van der Waals surface area (Å²) in [6.45, 7) is 7.16. The van der Waals surface area contributed by atoms with Crippen molar-refractivity contribution in [2.45, 2.75) is 51.0 Å². The van der Waals surface area contributed by atoms with Crippen LogP contribution in [0, 0.1) is 5.92 Å². The van der Waals surface area contributed by atoms with Gasteiger partial charge in [0.15, 0.2) is 0 Å². The first kappa shape index (κ1) is 24.5. The van der Waals surface area contributed by atoms with Crippen LogP contribution in [0.2, 0.25) is 0 Å². The molecule has 1 aromatic carbocycles. The van der Waals surface area contributed by atoms with Crippen LogP contribution < -0.4 is 15.4 Å². The van der Waals surface area contributed by atoms with Crippen molar-refractivity contribution in [2.75, 3.05) is 37.4 Å². The highest BCUT2D eigenvalue weighted by molar-refractivity contribution is 6.13. The van der Waals surface area contributed by atoms with Gasteiger partial charge in [0.2, 0.25) is 11.8 Å². The van der Waals surface area contributed by atoms with Crippen molar-refractivity contribution in [1.29, 1.82) is 0 Å². The number of amides is 2. The van der Waals surface area contributed by atoms with Crippen molar-refractivity contribution >= 4 is 34.3 Å². The minimum atomic E-state index is -0.507. The number of nitrogens with two attached hydrogens (primary N) is 1. The van der Waals surface area contributed by atoms with Gasteiger partial charge in [0.1, 0.15) is 5.60 Å². The zero-order chi connectivity index (χ0) is 26.8. The van der Waals surface area contributed by atoms with Gasteiger partial charge in [-0.3, -0.25) is 9.78 Å². The Morgan fingerprint density at radius 3 is 2.55 bits per heavy atom. The third-order valence-electron chi connectivity index (χ3n) is 7.89. The van der Waals surface area contributed by atoms with E-state index in [-0.39, 0.29) is 17.9 Å². The van der Waals surface area contributed by atoms with E-state index in [0.29, 0.717) is 31.3 Å². The van der Waals surface area contributed by atoms with E-state index >= 15 is 0 Å². The average Bonchev–Trinajstić information content (AvgIpc) is 3.04. The molecule has 6 rings (SSSR count). The number of pyridine rings is 2. The Bertz CT molecular complexity index is 1450. The number of benzene rings is 1. The third kappa shape index (κ3) is 3.92. The number of hydrogen-bond acceptors (Lipinski definition) is 7. The van der Waals surface area contributed by atoms with Crippen LogP contribution in [0.1, 0.15) is 45.6 Å². The molecule has 2 fully saturated rings. The zero-order valence-corrected chi connectivity index (χ0v) is 22.3. The topological polar surface area (TPSA) is 111 Å². The van der Waals surface area contributed by atoms with Crippen molar-refractivity contribution in [2.24, 2.45) is 5.92 Å². The number of carbonyl (C=O) groups is 2. The first-order chi connectivity index (χ1) is 18.1. The Morgan fingerprint density at radius 1 is 1.13 bits per heavy atom. The lowest BCUT2D eigenvalue weighted by Gasteiger charge is -2.39. The second-order valence-corrected chi connectivity index (χ2v) is 11.7. The molecule has 2 amide bonds. The normalized spacial score (nSPS) is 18.4. The lowest BCUT2D eigenvalue weighted by atomic mass is 9.64. The van der Waals surface area contributed by atoms with Gasteiger partial charge >= 0.3 is 6.09 Å². The number of nitrogens with zero attached hydrogens (tertiary/aromatic N) is 4. The molecule has 198 valence electrons. The monoisotopic (exact) mass is 515 g/mol. The highest BCUT2D eigenvalue weighted by atomic mass is 16.6. The molecule has 4 heterocycles. The summed E-state index contributed by atoms with van der Waals surface area (Å²) in [7, 11) is 1.84. The molecule has 0 unspecified atom stereocenters. The largest absolute Gasteiger partial charge is 0.476 e. The summed E-state index contributed by atoms with van der Waals surface area (Å²) in [5.74, 6) is 0.762. The maximum atomic E-state index is 13.1. The summed E-state index contributed by atoms with van der Waals surface area (Å²) in [5, 5.41) is 1.01. The lowest BCUT2D eigenvalue weighted by Crippen LogP contribution is -2.53. The Balaban J connectivity index is 1.18. The van der Waals surface area contributed by atoms with Gasteiger partial charge < -0.3 is 25.0 Å². The van der Waals surface area contributed by atoms with Gasteiger partial charge in [-0.1, -0.05) is 12.5 Å². The Hall–Kier alpha value is -3.88. The molecule has 9 nitrogen and oxygen atoms in total. The summed E-state index contributed by atoms with van der Waals surface area (Å²) >= 11 is 0. The number of aromatic nitrogens is 2. The molecule has 3 aliphatic rings. The van der Waals surface area contributed by atoms with Crippen LogP contribution >= 0.6 is 0 Å². The fourth-order valence-electron chi connectivity index (χ4n) is 5.75. The van der Waals surface area contributed by atoms with Crippen LogP contribution in [0.4, 0.5) is 16.2 Å². The molecule has 1 saturated carbocycles. The fraction of sp³-hybridized carbons (Fsp3) is 0.448. The zero-order valence-electron chi connectivity index (χ0n) is 22.3. The highest BCUT2D eigenvalue weighted by Crippen LogP contribution is 2.55.